The summed E-state index contributed by atoms with van der Waals surface area (Å²) >= 11 is 0. The number of nitrogens with zero attached hydrogens (tertiary/aromatic N) is 2. The number of rotatable bonds is 8. The predicted molar refractivity (Wildman–Crippen MR) is 127 cm³/mol. The second-order valence-electron chi connectivity index (χ2n) is 7.98. The van der Waals surface area contributed by atoms with Gasteiger partial charge in [0.15, 0.2) is 11.5 Å². The predicted octanol–water partition coefficient (Wildman–Crippen LogP) is 3.64. The van der Waals surface area contributed by atoms with Gasteiger partial charge in [-0.25, -0.2) is 8.42 Å². The molecule has 3 rings (SSSR count). The number of amides is 1. The normalized spacial score (nSPS) is 15.5. The highest BCUT2D eigenvalue weighted by Crippen LogP contribution is 2.42. The number of benzene rings is 2. The van der Waals surface area contributed by atoms with E-state index in [2.05, 4.69) is 0 Å². The number of aryl methyl sites for hydroxylation is 1. The molecule has 0 saturated heterocycles. The minimum absolute atomic E-state index is 0.142. The smallest absolute Gasteiger partial charge is 0.258 e. The largest absolute Gasteiger partial charge is 0.493 e. The van der Waals surface area contributed by atoms with Crippen molar-refractivity contribution in [2.45, 2.75) is 45.1 Å². The number of hydrogen-bond donors (Lipinski definition) is 0. The molecule has 0 saturated carbocycles. The molecule has 0 radical (unpaired) electrons. The molecule has 1 aliphatic heterocycles. The van der Waals surface area contributed by atoms with Crippen LogP contribution >= 0.6 is 0 Å². The van der Waals surface area contributed by atoms with E-state index in [0.29, 0.717) is 42.3 Å². The Balaban J connectivity index is 2.08. The van der Waals surface area contributed by atoms with E-state index in [1.54, 1.807) is 29.2 Å². The lowest BCUT2D eigenvalue weighted by molar-refractivity contribution is 0.0980. The summed E-state index contributed by atoms with van der Waals surface area (Å²) in [5, 5.41) is 0. The van der Waals surface area contributed by atoms with Crippen LogP contribution in [0.4, 0.5) is 5.69 Å². The molecule has 1 heterocycles. The molecule has 0 bridgehead atoms. The van der Waals surface area contributed by atoms with Crippen LogP contribution in [0.25, 0.3) is 0 Å². The maximum atomic E-state index is 13.6. The molecular weight excluding hydrogens is 444 g/mol. The molecule has 0 N–H and O–H groups in total. The lowest BCUT2D eigenvalue weighted by atomic mass is 10.1. The van der Waals surface area contributed by atoms with Crippen LogP contribution in [0.5, 0.6) is 17.2 Å². The maximum Gasteiger partial charge on any atom is 0.258 e. The molecule has 2 aromatic rings. The van der Waals surface area contributed by atoms with E-state index in [1.807, 2.05) is 27.7 Å². The van der Waals surface area contributed by atoms with Crippen LogP contribution in [0.15, 0.2) is 29.2 Å². The molecule has 1 atom stereocenters. The summed E-state index contributed by atoms with van der Waals surface area (Å²) in [6.07, 6.45) is 0.563. The second kappa shape index (κ2) is 9.61. The molecule has 0 spiro atoms. The summed E-state index contributed by atoms with van der Waals surface area (Å²) in [5.74, 6) is 0.978. The van der Waals surface area contributed by atoms with Crippen LogP contribution in [0.1, 0.15) is 42.3 Å². The van der Waals surface area contributed by atoms with Gasteiger partial charge in [0.2, 0.25) is 15.8 Å². The number of carbonyl (C=O) groups is 1. The molecule has 0 fully saturated rings. The van der Waals surface area contributed by atoms with Crippen molar-refractivity contribution < 1.29 is 27.4 Å². The quantitative estimate of drug-likeness (QED) is 0.578. The fraction of sp³-hybridized carbons (Fsp3) is 0.458. The summed E-state index contributed by atoms with van der Waals surface area (Å²) in [5.41, 5.74) is 2.72. The Kier molecular flexibility index (Phi) is 7.23. The summed E-state index contributed by atoms with van der Waals surface area (Å²) in [4.78, 5) is 15.6. The van der Waals surface area contributed by atoms with Crippen LogP contribution in [0.3, 0.4) is 0 Å². The average molecular weight is 477 g/mol. The minimum atomic E-state index is -3.60. The average Bonchev–Trinajstić information content (AvgIpc) is 3.14. The van der Waals surface area contributed by atoms with E-state index < -0.39 is 10.0 Å². The van der Waals surface area contributed by atoms with Crippen LogP contribution < -0.4 is 19.1 Å². The second-order valence-corrected chi connectivity index (χ2v) is 9.92. The summed E-state index contributed by atoms with van der Waals surface area (Å²) in [7, 11) is 0.915. The standard InChI is InChI=1S/C24H32N2O6S/c1-8-25(9-2)33(28,29)19-10-15(3)22-17(12-19)11-16(4)26(22)24(27)18-13-20(30-5)23(32-7)21(14-18)31-6/h10,12-14,16H,8-9,11H2,1-7H3. The Bertz CT molecular complexity index is 1130. The lowest BCUT2D eigenvalue weighted by Crippen LogP contribution is -2.36. The van der Waals surface area contributed by atoms with Gasteiger partial charge in [-0.1, -0.05) is 13.8 Å². The van der Waals surface area contributed by atoms with Crippen molar-refractivity contribution in [3.63, 3.8) is 0 Å². The van der Waals surface area contributed by atoms with Crippen molar-refractivity contribution >= 4 is 21.6 Å². The summed E-state index contributed by atoms with van der Waals surface area (Å²) in [6, 6.07) is 6.47. The van der Waals surface area contributed by atoms with Crippen molar-refractivity contribution in [2.24, 2.45) is 0 Å². The van der Waals surface area contributed by atoms with Gasteiger partial charge in [-0.15, -0.1) is 0 Å². The zero-order valence-electron chi connectivity index (χ0n) is 20.3. The number of hydrogen-bond acceptors (Lipinski definition) is 6. The topological polar surface area (TPSA) is 85.4 Å². The number of ether oxygens (including phenoxy) is 3. The van der Waals surface area contributed by atoms with Gasteiger partial charge in [-0.3, -0.25) is 4.79 Å². The molecule has 9 heteroatoms. The van der Waals surface area contributed by atoms with Crippen molar-refractivity contribution in [3.05, 3.63) is 41.0 Å². The van der Waals surface area contributed by atoms with E-state index in [4.69, 9.17) is 14.2 Å². The SMILES string of the molecule is CCN(CC)S(=O)(=O)c1cc(C)c2c(c1)CC(C)N2C(=O)c1cc(OC)c(OC)c(OC)c1. The molecular formula is C24H32N2O6S. The van der Waals surface area contributed by atoms with Crippen molar-refractivity contribution in [2.75, 3.05) is 39.3 Å². The maximum absolute atomic E-state index is 13.6. The molecule has 0 aliphatic carbocycles. The Labute approximate surface area is 196 Å². The molecule has 1 amide bonds. The third-order valence-electron chi connectivity index (χ3n) is 6.02. The molecule has 0 aromatic heterocycles. The number of methoxy groups -OCH3 is 3. The van der Waals surface area contributed by atoms with Crippen LogP contribution in [-0.4, -0.2) is 59.1 Å². The molecule has 180 valence electrons. The molecule has 33 heavy (non-hydrogen) atoms. The summed E-state index contributed by atoms with van der Waals surface area (Å²) in [6.45, 7) is 8.23. The van der Waals surface area contributed by atoms with Gasteiger partial charge in [0.05, 0.1) is 31.9 Å². The highest BCUT2D eigenvalue weighted by molar-refractivity contribution is 7.89. The highest BCUT2D eigenvalue weighted by Gasteiger charge is 2.35. The van der Waals surface area contributed by atoms with Gasteiger partial charge in [-0.05, 0) is 55.7 Å². The van der Waals surface area contributed by atoms with E-state index >= 15 is 0 Å². The van der Waals surface area contributed by atoms with Gasteiger partial charge in [0.25, 0.3) is 5.91 Å². The van der Waals surface area contributed by atoms with Crippen LogP contribution in [0.2, 0.25) is 0 Å². The molecule has 1 aliphatic rings. The Morgan fingerprint density at radius 2 is 1.61 bits per heavy atom. The van der Waals surface area contributed by atoms with E-state index in [0.717, 1.165) is 16.8 Å². The monoisotopic (exact) mass is 476 g/mol. The first-order chi connectivity index (χ1) is 15.6. The van der Waals surface area contributed by atoms with Crippen LogP contribution in [-0.2, 0) is 16.4 Å². The molecule has 8 nitrogen and oxygen atoms in total. The zero-order valence-corrected chi connectivity index (χ0v) is 21.1. The van der Waals surface area contributed by atoms with E-state index in [1.165, 1.54) is 25.6 Å². The Morgan fingerprint density at radius 1 is 1.03 bits per heavy atom. The third kappa shape index (κ3) is 4.27. The zero-order chi connectivity index (χ0) is 24.5. The number of anilines is 1. The number of sulfonamides is 1. The van der Waals surface area contributed by atoms with Crippen molar-refractivity contribution in [1.82, 2.24) is 4.31 Å². The first-order valence-electron chi connectivity index (χ1n) is 10.9. The molecule has 2 aromatic carbocycles. The van der Waals surface area contributed by atoms with E-state index in [9.17, 15) is 13.2 Å². The first kappa shape index (κ1) is 24.9. The molecule has 1 unspecified atom stereocenters. The van der Waals surface area contributed by atoms with Crippen LogP contribution in [0, 0.1) is 6.92 Å². The third-order valence-corrected chi connectivity index (χ3v) is 8.05. The van der Waals surface area contributed by atoms with Gasteiger partial charge >= 0.3 is 0 Å². The van der Waals surface area contributed by atoms with Gasteiger partial charge in [-0.2, -0.15) is 4.31 Å². The number of fused-ring (bicyclic) bond motifs is 1. The number of carbonyl (C=O) groups excluding carboxylic acids is 1. The van der Waals surface area contributed by atoms with E-state index in [-0.39, 0.29) is 16.8 Å². The first-order valence-corrected chi connectivity index (χ1v) is 12.4. The summed E-state index contributed by atoms with van der Waals surface area (Å²) < 4.78 is 43.7. The highest BCUT2D eigenvalue weighted by atomic mass is 32.2. The van der Waals surface area contributed by atoms with Crippen molar-refractivity contribution in [1.29, 1.82) is 0 Å². The van der Waals surface area contributed by atoms with Gasteiger partial charge in [0, 0.05) is 24.7 Å². The van der Waals surface area contributed by atoms with Gasteiger partial charge < -0.3 is 19.1 Å². The Hall–Kier alpha value is -2.78. The fourth-order valence-corrected chi connectivity index (χ4v) is 6.05. The van der Waals surface area contributed by atoms with Gasteiger partial charge in [0.1, 0.15) is 0 Å². The van der Waals surface area contributed by atoms with Crippen molar-refractivity contribution in [3.8, 4) is 17.2 Å². The Morgan fingerprint density at radius 3 is 2.09 bits per heavy atom. The lowest BCUT2D eigenvalue weighted by Gasteiger charge is -2.25. The minimum Gasteiger partial charge on any atom is -0.493 e. The fourth-order valence-electron chi connectivity index (χ4n) is 4.45.